The van der Waals surface area contributed by atoms with E-state index in [0.717, 1.165) is 5.56 Å². The predicted molar refractivity (Wildman–Crippen MR) is 108 cm³/mol. The van der Waals surface area contributed by atoms with Gasteiger partial charge in [-0.25, -0.2) is 4.98 Å². The van der Waals surface area contributed by atoms with E-state index in [1.807, 2.05) is 19.1 Å². The van der Waals surface area contributed by atoms with Crippen molar-refractivity contribution in [3.63, 3.8) is 0 Å². The minimum absolute atomic E-state index is 0.286. The molecule has 27 heavy (non-hydrogen) atoms. The second kappa shape index (κ2) is 8.20. The van der Waals surface area contributed by atoms with Crippen molar-refractivity contribution in [1.82, 2.24) is 4.98 Å². The maximum Gasteiger partial charge on any atom is 0.257 e. The lowest BCUT2D eigenvalue weighted by molar-refractivity contribution is 0.101. The molecule has 0 unspecified atom stereocenters. The largest absolute Gasteiger partial charge is 0.322 e. The Balaban J connectivity index is 1.76. The van der Waals surface area contributed by atoms with Crippen LogP contribution < -0.4 is 10.6 Å². The van der Waals surface area contributed by atoms with Gasteiger partial charge in [-0.15, -0.1) is 0 Å². The molecular weight excluding hydrogens is 385 g/mol. The van der Waals surface area contributed by atoms with Gasteiger partial charge in [0.1, 0.15) is 5.15 Å². The summed E-state index contributed by atoms with van der Waals surface area (Å²) < 4.78 is 0. The van der Waals surface area contributed by atoms with E-state index < -0.39 is 0 Å². The number of aryl methyl sites for hydroxylation is 1. The Hall–Kier alpha value is -2.89. The highest BCUT2D eigenvalue weighted by Gasteiger charge is 2.12. The summed E-state index contributed by atoms with van der Waals surface area (Å²) in [7, 11) is 0. The van der Waals surface area contributed by atoms with Crippen molar-refractivity contribution < 1.29 is 9.59 Å². The van der Waals surface area contributed by atoms with Gasteiger partial charge >= 0.3 is 0 Å². The Bertz CT molecular complexity index is 1000. The third-order valence-electron chi connectivity index (χ3n) is 3.74. The Kier molecular flexibility index (Phi) is 5.74. The molecule has 3 rings (SSSR count). The minimum atomic E-state index is -0.350. The lowest BCUT2D eigenvalue weighted by atomic mass is 10.1. The van der Waals surface area contributed by atoms with Crippen LogP contribution in [-0.4, -0.2) is 16.8 Å². The molecule has 136 valence electrons. The average molecular weight is 400 g/mol. The molecule has 0 radical (unpaired) electrons. The predicted octanol–water partition coefficient (Wildman–Crippen LogP) is 5.20. The van der Waals surface area contributed by atoms with Crippen LogP contribution in [0.15, 0.2) is 60.8 Å². The van der Waals surface area contributed by atoms with Gasteiger partial charge in [-0.05, 0) is 49.4 Å². The van der Waals surface area contributed by atoms with Gasteiger partial charge in [0.15, 0.2) is 0 Å². The molecule has 0 saturated carbocycles. The minimum Gasteiger partial charge on any atom is -0.322 e. The maximum atomic E-state index is 12.4. The summed E-state index contributed by atoms with van der Waals surface area (Å²) in [6, 6.07) is 15.2. The van der Waals surface area contributed by atoms with Crippen LogP contribution in [0, 0.1) is 6.92 Å². The van der Waals surface area contributed by atoms with Crippen molar-refractivity contribution in [3.05, 3.63) is 87.7 Å². The number of halogens is 2. The maximum absolute atomic E-state index is 12.4. The number of hydrogen-bond acceptors (Lipinski definition) is 3. The summed E-state index contributed by atoms with van der Waals surface area (Å²) in [6.07, 6.45) is 1.38. The summed E-state index contributed by atoms with van der Waals surface area (Å²) in [6.45, 7) is 1.91. The lowest BCUT2D eigenvalue weighted by Gasteiger charge is -2.11. The first-order chi connectivity index (χ1) is 12.9. The Labute approximate surface area is 166 Å². The Morgan fingerprint density at radius 2 is 1.67 bits per heavy atom. The monoisotopic (exact) mass is 399 g/mol. The highest BCUT2D eigenvalue weighted by atomic mass is 35.5. The van der Waals surface area contributed by atoms with E-state index in [9.17, 15) is 9.59 Å². The van der Waals surface area contributed by atoms with Crippen molar-refractivity contribution in [3.8, 4) is 0 Å². The highest BCUT2D eigenvalue weighted by molar-refractivity contribution is 6.34. The Morgan fingerprint density at radius 3 is 2.37 bits per heavy atom. The number of carbonyl (C=O) groups is 2. The molecule has 0 bridgehead atoms. The first-order valence-corrected chi connectivity index (χ1v) is 8.78. The fourth-order valence-electron chi connectivity index (χ4n) is 2.39. The number of hydrogen-bond donors (Lipinski definition) is 2. The van der Waals surface area contributed by atoms with Crippen LogP contribution in [0.4, 0.5) is 11.4 Å². The van der Waals surface area contributed by atoms with Crippen LogP contribution in [0.1, 0.15) is 26.3 Å². The topological polar surface area (TPSA) is 71.1 Å². The molecule has 2 N–H and O–H groups in total. The number of aromatic nitrogens is 1. The number of anilines is 2. The van der Waals surface area contributed by atoms with E-state index in [1.165, 1.54) is 12.3 Å². The van der Waals surface area contributed by atoms with Crippen LogP contribution in [0.3, 0.4) is 0 Å². The highest BCUT2D eigenvalue weighted by Crippen LogP contribution is 2.26. The van der Waals surface area contributed by atoms with Gasteiger partial charge < -0.3 is 10.6 Å². The lowest BCUT2D eigenvalue weighted by Crippen LogP contribution is -2.14. The molecule has 3 aromatic rings. The molecule has 0 spiro atoms. The second-order valence-electron chi connectivity index (χ2n) is 5.84. The summed E-state index contributed by atoms with van der Waals surface area (Å²) >= 11 is 11.9. The average Bonchev–Trinajstić information content (AvgIpc) is 2.65. The number of nitrogens with zero attached hydrogens (tertiary/aromatic N) is 1. The van der Waals surface area contributed by atoms with Gasteiger partial charge in [-0.2, -0.15) is 0 Å². The fraction of sp³-hybridized carbons (Fsp3) is 0.0500. The van der Waals surface area contributed by atoms with Crippen molar-refractivity contribution >= 4 is 46.4 Å². The zero-order valence-corrected chi connectivity index (χ0v) is 15.8. The number of benzene rings is 2. The van der Waals surface area contributed by atoms with Crippen LogP contribution in [0.25, 0.3) is 0 Å². The van der Waals surface area contributed by atoms with Crippen molar-refractivity contribution in [1.29, 1.82) is 0 Å². The standard InChI is InChI=1S/C20H15Cl2N3O2/c1-12-3-2-4-13(9-12)19(26)25-17-10-15(6-7-16(17)21)24-20(27)14-5-8-18(22)23-11-14/h2-11H,1H3,(H,24,27)(H,25,26). The second-order valence-corrected chi connectivity index (χ2v) is 6.64. The van der Waals surface area contributed by atoms with Crippen molar-refractivity contribution in [2.45, 2.75) is 6.92 Å². The third kappa shape index (κ3) is 4.84. The molecule has 0 fully saturated rings. The van der Waals surface area contributed by atoms with Gasteiger partial charge in [0, 0.05) is 17.4 Å². The summed E-state index contributed by atoms with van der Waals surface area (Å²) in [5.41, 5.74) is 2.74. The molecule has 0 aliphatic heterocycles. The Morgan fingerprint density at radius 1 is 0.889 bits per heavy atom. The van der Waals surface area contributed by atoms with Crippen LogP contribution in [0.2, 0.25) is 10.2 Å². The molecule has 0 atom stereocenters. The molecule has 5 nitrogen and oxygen atoms in total. The molecule has 0 aliphatic rings. The summed E-state index contributed by atoms with van der Waals surface area (Å²) in [5.74, 6) is -0.636. The molecule has 0 saturated heterocycles. The van der Waals surface area contributed by atoms with Crippen molar-refractivity contribution in [2.24, 2.45) is 0 Å². The molecule has 1 aromatic heterocycles. The molecule has 7 heteroatoms. The molecular formula is C20H15Cl2N3O2. The van der Waals surface area contributed by atoms with Crippen LogP contribution in [-0.2, 0) is 0 Å². The number of rotatable bonds is 4. The quantitative estimate of drug-likeness (QED) is 0.592. The van der Waals surface area contributed by atoms with E-state index in [0.29, 0.717) is 32.7 Å². The summed E-state index contributed by atoms with van der Waals surface area (Å²) in [4.78, 5) is 28.6. The van der Waals surface area contributed by atoms with E-state index in [2.05, 4.69) is 15.6 Å². The number of pyridine rings is 1. The normalized spacial score (nSPS) is 10.3. The molecule has 1 heterocycles. The van der Waals surface area contributed by atoms with Gasteiger partial charge in [-0.3, -0.25) is 9.59 Å². The van der Waals surface area contributed by atoms with Gasteiger partial charge in [0.25, 0.3) is 11.8 Å². The zero-order chi connectivity index (χ0) is 19.4. The molecule has 0 aliphatic carbocycles. The van der Waals surface area contributed by atoms with Gasteiger partial charge in [0.05, 0.1) is 16.3 Å². The van der Waals surface area contributed by atoms with E-state index >= 15 is 0 Å². The van der Waals surface area contributed by atoms with E-state index in [-0.39, 0.29) is 11.8 Å². The zero-order valence-electron chi connectivity index (χ0n) is 14.3. The summed E-state index contributed by atoms with van der Waals surface area (Å²) in [5, 5.41) is 6.17. The van der Waals surface area contributed by atoms with E-state index in [4.69, 9.17) is 23.2 Å². The van der Waals surface area contributed by atoms with Crippen LogP contribution in [0.5, 0.6) is 0 Å². The SMILES string of the molecule is Cc1cccc(C(=O)Nc2cc(NC(=O)c3ccc(Cl)nc3)ccc2Cl)c1. The van der Waals surface area contributed by atoms with Gasteiger partial charge in [-0.1, -0.05) is 40.9 Å². The number of carbonyl (C=O) groups excluding carboxylic acids is 2. The number of nitrogens with one attached hydrogen (secondary N) is 2. The third-order valence-corrected chi connectivity index (χ3v) is 4.30. The van der Waals surface area contributed by atoms with Crippen LogP contribution >= 0.6 is 23.2 Å². The molecule has 2 amide bonds. The fourth-order valence-corrected chi connectivity index (χ4v) is 2.67. The first kappa shape index (κ1) is 18.9. The molecule has 2 aromatic carbocycles. The smallest absolute Gasteiger partial charge is 0.257 e. The van der Waals surface area contributed by atoms with E-state index in [1.54, 1.807) is 36.4 Å². The first-order valence-electron chi connectivity index (χ1n) is 8.03. The van der Waals surface area contributed by atoms with Gasteiger partial charge in [0.2, 0.25) is 0 Å². The number of amides is 2. The van der Waals surface area contributed by atoms with Crippen molar-refractivity contribution in [2.75, 3.05) is 10.6 Å².